The first-order chi connectivity index (χ1) is 17.3. The van der Waals surface area contributed by atoms with Gasteiger partial charge in [-0.05, 0) is 45.8 Å². The van der Waals surface area contributed by atoms with Crippen LogP contribution < -0.4 is 21.1 Å². The van der Waals surface area contributed by atoms with E-state index in [2.05, 4.69) is 9.97 Å². The van der Waals surface area contributed by atoms with Crippen LogP contribution in [0.3, 0.4) is 0 Å². The van der Waals surface area contributed by atoms with E-state index in [-0.39, 0.29) is 41.7 Å². The fourth-order valence-corrected chi connectivity index (χ4v) is 4.21. The molecule has 6 aromatic rings. The average molecular weight is 578 g/mol. The maximum absolute atomic E-state index is 11.9. The Morgan fingerprint density at radius 2 is 0.865 bits per heavy atom. The van der Waals surface area contributed by atoms with Crippen molar-refractivity contribution in [2.24, 2.45) is 0 Å². The molecule has 9 heteroatoms. The van der Waals surface area contributed by atoms with Crippen LogP contribution in [-0.4, -0.2) is 21.9 Å². The summed E-state index contributed by atoms with van der Waals surface area (Å²) in [6.07, 6.45) is 0. The van der Waals surface area contributed by atoms with Crippen LogP contribution in [0.2, 0.25) is 0 Å². The number of aromatic nitrogens is 2. The standard InChI is InChI=1S/2C14H9NO3.Ru/c2*16-11-3-1-2-8-4-5-9-6-7-10(14(17)18)15-13(9)12(8)11;/h2*1-7,15H,(H,17,18);/q;;+2/p-2. The summed E-state index contributed by atoms with van der Waals surface area (Å²) in [6.45, 7) is 0. The van der Waals surface area contributed by atoms with Crippen LogP contribution in [-0.2, 0) is 19.5 Å². The predicted molar refractivity (Wildman–Crippen MR) is 133 cm³/mol. The van der Waals surface area contributed by atoms with Crippen molar-refractivity contribution in [3.63, 3.8) is 0 Å². The normalized spacial score (nSPS) is 10.6. The second-order valence-electron chi connectivity index (χ2n) is 8.09. The number of carbonyl (C=O) groups excluding carboxylic acids is 2. The Labute approximate surface area is 221 Å². The van der Waals surface area contributed by atoms with E-state index in [1.54, 1.807) is 24.3 Å². The minimum Gasteiger partial charge on any atom is -0.543 e. The van der Waals surface area contributed by atoms with Crippen molar-refractivity contribution < 1.29 is 39.3 Å². The van der Waals surface area contributed by atoms with Gasteiger partial charge in [0.15, 0.2) is 10.9 Å². The Morgan fingerprint density at radius 3 is 1.24 bits per heavy atom. The molecule has 0 unspecified atom stereocenters. The molecule has 0 saturated carbocycles. The van der Waals surface area contributed by atoms with Gasteiger partial charge in [-0.2, -0.15) is 0 Å². The van der Waals surface area contributed by atoms with Crippen molar-refractivity contribution in [2.45, 2.75) is 0 Å². The topological polar surface area (TPSA) is 146 Å². The SMILES string of the molecule is O=C([O-])c1ccc2ccc3cccc(=O)c3c2[nH]1.O=C([O-])c1ccc2ccc3cccc(=O)c3c2[nH]1.[Ru+2]. The molecule has 182 valence electrons. The molecule has 2 heterocycles. The van der Waals surface area contributed by atoms with Crippen molar-refractivity contribution in [2.75, 3.05) is 0 Å². The maximum Gasteiger partial charge on any atom is 2.00 e. The van der Waals surface area contributed by atoms with Gasteiger partial charge in [-0.3, -0.25) is 9.59 Å². The van der Waals surface area contributed by atoms with Gasteiger partial charge in [0.25, 0.3) is 0 Å². The third-order valence-electron chi connectivity index (χ3n) is 5.90. The molecule has 0 aliphatic carbocycles. The molecule has 2 aromatic heterocycles. The number of carboxylic acid groups (broad SMARTS) is 2. The Balaban J connectivity index is 0.000000168. The quantitative estimate of drug-likeness (QED) is 0.238. The molecule has 6 rings (SSSR count). The van der Waals surface area contributed by atoms with E-state index < -0.39 is 11.9 Å². The molecule has 37 heavy (non-hydrogen) atoms. The van der Waals surface area contributed by atoms with E-state index in [9.17, 15) is 29.4 Å². The molecule has 0 atom stereocenters. The van der Waals surface area contributed by atoms with Crippen molar-refractivity contribution in [1.29, 1.82) is 0 Å². The average Bonchev–Trinajstić information content (AvgIpc) is 2.88. The van der Waals surface area contributed by atoms with Gasteiger partial charge in [-0.15, -0.1) is 0 Å². The third kappa shape index (κ3) is 4.77. The fourth-order valence-electron chi connectivity index (χ4n) is 4.21. The number of fused-ring (bicyclic) bond motifs is 6. The summed E-state index contributed by atoms with van der Waals surface area (Å²) in [5.41, 5.74) is 0.700. The first kappa shape index (κ1) is 25.5. The molecule has 0 saturated heterocycles. The maximum atomic E-state index is 11.9. The van der Waals surface area contributed by atoms with Gasteiger partial charge in [0, 0.05) is 0 Å². The van der Waals surface area contributed by atoms with E-state index in [1.807, 2.05) is 36.4 Å². The van der Waals surface area contributed by atoms with Gasteiger partial charge in [0.05, 0.1) is 45.1 Å². The third-order valence-corrected chi connectivity index (χ3v) is 5.90. The van der Waals surface area contributed by atoms with Gasteiger partial charge >= 0.3 is 19.5 Å². The minimum atomic E-state index is -1.29. The number of rotatable bonds is 2. The number of benzene rings is 4. The number of pyridine rings is 2. The number of aromatic carboxylic acids is 2. The first-order valence-electron chi connectivity index (χ1n) is 10.9. The van der Waals surface area contributed by atoms with Crippen LogP contribution in [0, 0.1) is 0 Å². The van der Waals surface area contributed by atoms with Gasteiger partial charge in [-0.1, -0.05) is 60.7 Å². The zero-order valence-electron chi connectivity index (χ0n) is 18.9. The number of hydrogen-bond acceptors (Lipinski definition) is 6. The molecule has 4 aromatic carbocycles. The summed E-state index contributed by atoms with van der Waals surface area (Å²) in [5, 5.41) is 25.8. The van der Waals surface area contributed by atoms with Crippen molar-refractivity contribution in [3.8, 4) is 0 Å². The van der Waals surface area contributed by atoms with E-state index in [1.165, 1.54) is 24.3 Å². The molecule has 0 spiro atoms. The summed E-state index contributed by atoms with van der Waals surface area (Å²) in [5.74, 6) is -2.59. The van der Waals surface area contributed by atoms with Crippen LogP contribution in [0.4, 0.5) is 0 Å². The van der Waals surface area contributed by atoms with Gasteiger partial charge in [-0.25, -0.2) is 0 Å². The monoisotopic (exact) mass is 578 g/mol. The number of carbonyl (C=O) groups is 2. The molecule has 0 aliphatic rings. The first-order valence-corrected chi connectivity index (χ1v) is 10.9. The van der Waals surface area contributed by atoms with Crippen LogP contribution in [0.15, 0.2) is 94.5 Å². The molecule has 0 fully saturated rings. The van der Waals surface area contributed by atoms with Gasteiger partial charge in [0.2, 0.25) is 0 Å². The smallest absolute Gasteiger partial charge is 0.543 e. The predicted octanol–water partition coefficient (Wildman–Crippen LogP) is 2.09. The zero-order chi connectivity index (χ0) is 25.4. The van der Waals surface area contributed by atoms with E-state index in [0.717, 1.165) is 21.5 Å². The van der Waals surface area contributed by atoms with Crippen LogP contribution >= 0.6 is 0 Å². The fraction of sp³-hybridized carbons (Fsp3) is 0. The van der Waals surface area contributed by atoms with E-state index in [0.29, 0.717) is 21.8 Å². The number of hydrogen-bond donors (Lipinski definition) is 2. The van der Waals surface area contributed by atoms with Crippen LogP contribution in [0.5, 0.6) is 0 Å². The molecule has 0 radical (unpaired) electrons. The van der Waals surface area contributed by atoms with Crippen molar-refractivity contribution in [3.05, 3.63) is 117 Å². The number of nitrogens with one attached hydrogen (secondary N) is 2. The Morgan fingerprint density at radius 1 is 0.514 bits per heavy atom. The van der Waals surface area contributed by atoms with Crippen molar-refractivity contribution in [1.82, 2.24) is 9.97 Å². The zero-order valence-corrected chi connectivity index (χ0v) is 20.6. The molecular weight excluding hydrogens is 561 g/mol. The molecule has 8 nitrogen and oxygen atoms in total. The van der Waals surface area contributed by atoms with Crippen LogP contribution in [0.1, 0.15) is 21.0 Å². The molecule has 0 amide bonds. The van der Waals surface area contributed by atoms with Crippen LogP contribution in [0.25, 0.3) is 43.4 Å². The summed E-state index contributed by atoms with van der Waals surface area (Å²) < 4.78 is 0. The summed E-state index contributed by atoms with van der Waals surface area (Å²) in [4.78, 5) is 51.0. The molecule has 0 bridgehead atoms. The minimum absolute atomic E-state index is 0. The van der Waals surface area contributed by atoms with Crippen molar-refractivity contribution >= 4 is 55.3 Å². The Kier molecular flexibility index (Phi) is 7.00. The van der Waals surface area contributed by atoms with E-state index in [4.69, 9.17) is 0 Å². The summed E-state index contributed by atoms with van der Waals surface area (Å²) in [6, 6.07) is 23.4. The number of aromatic amines is 2. The Bertz CT molecular complexity index is 1820. The largest absolute Gasteiger partial charge is 2.00 e. The van der Waals surface area contributed by atoms with E-state index >= 15 is 0 Å². The number of carboxylic acids is 2. The molecular formula is C28H16N2O6Ru. The Hall–Kier alpha value is -4.62. The second kappa shape index (κ2) is 10.2. The second-order valence-corrected chi connectivity index (χ2v) is 8.09. The summed E-state index contributed by atoms with van der Waals surface area (Å²) >= 11 is 0. The molecule has 0 aliphatic heterocycles. The van der Waals surface area contributed by atoms with Gasteiger partial charge < -0.3 is 29.8 Å². The van der Waals surface area contributed by atoms with Gasteiger partial charge in [0.1, 0.15) is 0 Å². The summed E-state index contributed by atoms with van der Waals surface area (Å²) in [7, 11) is 0. The number of H-pyrrole nitrogens is 2. The molecule has 2 N–H and O–H groups in total.